The van der Waals surface area contributed by atoms with Crippen molar-refractivity contribution in [3.05, 3.63) is 83.4 Å². The second-order valence-corrected chi connectivity index (χ2v) is 10.1. The SMILES string of the molecule is COc1ccc(OC)c([C@@H](C)NC(=O)CN(c2cccc(C(F)(F)F)c2)S(=O)(=O)c2ccc(C)cc2)c1. The quantitative estimate of drug-likeness (QED) is 0.411. The zero-order chi connectivity index (χ0) is 27.4. The summed E-state index contributed by atoms with van der Waals surface area (Å²) < 4.78 is 78.4. The summed E-state index contributed by atoms with van der Waals surface area (Å²) in [6.07, 6.45) is -4.70. The Bertz CT molecular complexity index is 1360. The summed E-state index contributed by atoms with van der Waals surface area (Å²) >= 11 is 0. The highest BCUT2D eigenvalue weighted by Crippen LogP contribution is 2.34. The first-order valence-electron chi connectivity index (χ1n) is 11.1. The average molecular weight is 537 g/mol. The number of alkyl halides is 3. The van der Waals surface area contributed by atoms with E-state index in [1.165, 1.54) is 32.4 Å². The Kier molecular flexibility index (Phi) is 8.37. The number of hydrogen-bond donors (Lipinski definition) is 1. The minimum absolute atomic E-state index is 0.161. The molecule has 37 heavy (non-hydrogen) atoms. The number of amides is 1. The maximum Gasteiger partial charge on any atom is 0.416 e. The number of carbonyl (C=O) groups excluding carboxylic acids is 1. The zero-order valence-corrected chi connectivity index (χ0v) is 21.5. The maximum atomic E-state index is 13.5. The van der Waals surface area contributed by atoms with Gasteiger partial charge >= 0.3 is 6.18 Å². The number of anilines is 1. The van der Waals surface area contributed by atoms with Crippen molar-refractivity contribution in [1.82, 2.24) is 5.32 Å². The Labute approximate surface area is 213 Å². The van der Waals surface area contributed by atoms with E-state index in [-0.39, 0.29) is 10.6 Å². The molecule has 3 aromatic carbocycles. The molecule has 11 heteroatoms. The molecule has 0 bridgehead atoms. The van der Waals surface area contributed by atoms with Gasteiger partial charge in [0.15, 0.2) is 0 Å². The number of hydrogen-bond acceptors (Lipinski definition) is 5. The largest absolute Gasteiger partial charge is 0.497 e. The highest BCUT2D eigenvalue weighted by Gasteiger charge is 2.33. The summed E-state index contributed by atoms with van der Waals surface area (Å²) in [4.78, 5) is 12.9. The van der Waals surface area contributed by atoms with Crippen molar-refractivity contribution in [2.45, 2.75) is 31.0 Å². The topological polar surface area (TPSA) is 84.9 Å². The first-order valence-corrected chi connectivity index (χ1v) is 12.6. The third-order valence-corrected chi connectivity index (χ3v) is 7.43. The van der Waals surface area contributed by atoms with Crippen molar-refractivity contribution >= 4 is 21.6 Å². The van der Waals surface area contributed by atoms with Crippen LogP contribution in [0.1, 0.15) is 29.7 Å². The molecule has 3 aromatic rings. The van der Waals surface area contributed by atoms with Gasteiger partial charge in [0.05, 0.1) is 36.4 Å². The number of methoxy groups -OCH3 is 2. The number of carbonyl (C=O) groups is 1. The Hall–Kier alpha value is -3.73. The number of nitrogens with one attached hydrogen (secondary N) is 1. The zero-order valence-electron chi connectivity index (χ0n) is 20.7. The van der Waals surface area contributed by atoms with Gasteiger partial charge in [-0.3, -0.25) is 9.10 Å². The molecule has 0 radical (unpaired) electrons. The smallest absolute Gasteiger partial charge is 0.416 e. The van der Waals surface area contributed by atoms with Crippen molar-refractivity contribution in [2.24, 2.45) is 0 Å². The van der Waals surface area contributed by atoms with Gasteiger partial charge in [-0.05, 0) is 62.4 Å². The van der Waals surface area contributed by atoms with Crippen LogP contribution in [0.15, 0.2) is 71.6 Å². The van der Waals surface area contributed by atoms with Crippen LogP contribution < -0.4 is 19.1 Å². The minimum atomic E-state index is -4.70. The van der Waals surface area contributed by atoms with Crippen LogP contribution in [-0.2, 0) is 21.0 Å². The van der Waals surface area contributed by atoms with E-state index in [0.29, 0.717) is 27.4 Å². The van der Waals surface area contributed by atoms with Gasteiger partial charge in [0.1, 0.15) is 18.0 Å². The summed E-state index contributed by atoms with van der Waals surface area (Å²) in [5.41, 5.74) is 0.0340. The van der Waals surface area contributed by atoms with Crippen LogP contribution in [-0.4, -0.2) is 35.1 Å². The first kappa shape index (κ1) is 27.9. The van der Waals surface area contributed by atoms with Gasteiger partial charge < -0.3 is 14.8 Å². The highest BCUT2D eigenvalue weighted by molar-refractivity contribution is 7.92. The molecule has 0 aliphatic rings. The van der Waals surface area contributed by atoms with Crippen molar-refractivity contribution in [2.75, 3.05) is 25.1 Å². The van der Waals surface area contributed by atoms with Gasteiger partial charge in [-0.25, -0.2) is 8.42 Å². The molecular formula is C26H27F3N2O5S. The number of benzene rings is 3. The molecule has 0 unspecified atom stereocenters. The predicted octanol–water partition coefficient (Wildman–Crippen LogP) is 5.10. The van der Waals surface area contributed by atoms with E-state index >= 15 is 0 Å². The van der Waals surface area contributed by atoms with Crippen molar-refractivity contribution in [1.29, 1.82) is 0 Å². The van der Waals surface area contributed by atoms with Gasteiger partial charge in [-0.2, -0.15) is 13.2 Å². The van der Waals surface area contributed by atoms with Gasteiger partial charge in [-0.1, -0.05) is 23.8 Å². The van der Waals surface area contributed by atoms with Crippen LogP contribution in [0.2, 0.25) is 0 Å². The van der Waals surface area contributed by atoms with Crippen LogP contribution >= 0.6 is 0 Å². The fraction of sp³-hybridized carbons (Fsp3) is 0.269. The molecule has 1 amide bonds. The molecule has 0 heterocycles. The van der Waals surface area contributed by atoms with E-state index in [2.05, 4.69) is 5.32 Å². The van der Waals surface area contributed by atoms with Gasteiger partial charge in [0.25, 0.3) is 10.0 Å². The van der Waals surface area contributed by atoms with Gasteiger partial charge in [0, 0.05) is 5.56 Å². The van der Waals surface area contributed by atoms with E-state index in [1.54, 1.807) is 44.2 Å². The number of aryl methyl sites for hydroxylation is 1. The van der Waals surface area contributed by atoms with Crippen LogP contribution in [0, 0.1) is 6.92 Å². The lowest BCUT2D eigenvalue weighted by Crippen LogP contribution is -2.41. The van der Waals surface area contributed by atoms with Crippen molar-refractivity contribution < 1.29 is 35.9 Å². The maximum absolute atomic E-state index is 13.5. The summed E-state index contributed by atoms with van der Waals surface area (Å²) in [6.45, 7) is 2.68. The molecule has 0 saturated heterocycles. The monoisotopic (exact) mass is 536 g/mol. The highest BCUT2D eigenvalue weighted by atomic mass is 32.2. The number of nitrogens with zero attached hydrogens (tertiary/aromatic N) is 1. The molecule has 7 nitrogen and oxygen atoms in total. The van der Waals surface area contributed by atoms with Crippen LogP contribution in [0.4, 0.5) is 18.9 Å². The molecule has 0 spiro atoms. The minimum Gasteiger partial charge on any atom is -0.497 e. The van der Waals surface area contributed by atoms with Crippen LogP contribution in [0.25, 0.3) is 0 Å². The lowest BCUT2D eigenvalue weighted by atomic mass is 10.1. The molecule has 1 N–H and O–H groups in total. The van der Waals surface area contributed by atoms with E-state index in [0.717, 1.165) is 17.7 Å². The molecule has 1 atom stereocenters. The third kappa shape index (κ3) is 6.53. The number of rotatable bonds is 9. The standard InChI is InChI=1S/C26H27F3N2O5S/c1-17-8-11-22(12-9-17)37(33,34)31(20-7-5-6-19(14-20)26(27,28)29)16-25(32)30-18(2)23-15-21(35-3)10-13-24(23)36-4/h5-15,18H,16H2,1-4H3,(H,30,32)/t18-/m1/s1. The van der Waals surface area contributed by atoms with Crippen molar-refractivity contribution in [3.8, 4) is 11.5 Å². The molecular weight excluding hydrogens is 509 g/mol. The van der Waals surface area contributed by atoms with Crippen molar-refractivity contribution in [3.63, 3.8) is 0 Å². The molecule has 0 aromatic heterocycles. The summed E-state index contributed by atoms with van der Waals surface area (Å²) in [7, 11) is -1.45. The molecule has 198 valence electrons. The number of halogens is 3. The van der Waals surface area contributed by atoms with E-state index in [1.807, 2.05) is 0 Å². The average Bonchev–Trinajstić information content (AvgIpc) is 2.86. The predicted molar refractivity (Wildman–Crippen MR) is 133 cm³/mol. The van der Waals surface area contributed by atoms with E-state index in [4.69, 9.17) is 9.47 Å². The summed E-state index contributed by atoms with van der Waals surface area (Å²) in [6, 6.07) is 14.0. The second kappa shape index (κ2) is 11.1. The molecule has 0 fully saturated rings. The lowest BCUT2D eigenvalue weighted by molar-refractivity contribution is -0.137. The van der Waals surface area contributed by atoms with Crippen LogP contribution in [0.3, 0.4) is 0 Å². The molecule has 0 saturated carbocycles. The molecule has 0 aliphatic heterocycles. The number of sulfonamides is 1. The third-order valence-electron chi connectivity index (χ3n) is 5.64. The van der Waals surface area contributed by atoms with Crippen LogP contribution in [0.5, 0.6) is 11.5 Å². The first-order chi connectivity index (χ1) is 17.4. The summed E-state index contributed by atoms with van der Waals surface area (Å²) in [5.74, 6) is 0.255. The molecule has 3 rings (SSSR count). The lowest BCUT2D eigenvalue weighted by Gasteiger charge is -2.26. The molecule has 0 aliphatic carbocycles. The Morgan fingerprint density at radius 2 is 1.68 bits per heavy atom. The Morgan fingerprint density at radius 3 is 2.27 bits per heavy atom. The van der Waals surface area contributed by atoms with Gasteiger partial charge in [-0.15, -0.1) is 0 Å². The Balaban J connectivity index is 1.98. The Morgan fingerprint density at radius 1 is 1.00 bits per heavy atom. The fourth-order valence-electron chi connectivity index (χ4n) is 3.66. The number of ether oxygens (including phenoxy) is 2. The van der Waals surface area contributed by atoms with Gasteiger partial charge in [0.2, 0.25) is 5.91 Å². The summed E-state index contributed by atoms with van der Waals surface area (Å²) in [5, 5.41) is 2.70. The van der Waals surface area contributed by atoms with E-state index in [9.17, 15) is 26.4 Å². The second-order valence-electron chi connectivity index (χ2n) is 8.27. The fourth-order valence-corrected chi connectivity index (χ4v) is 5.08. The normalized spacial score (nSPS) is 12.5. The van der Waals surface area contributed by atoms with E-state index < -0.39 is 40.3 Å².